The number of primary amides is 2. The van der Waals surface area contributed by atoms with Crippen LogP contribution in [-0.4, -0.2) is 90.9 Å². The molecule has 0 aliphatic rings. The van der Waals surface area contributed by atoms with Gasteiger partial charge >= 0.3 is 23.9 Å². The number of aromatic amines is 2. The highest BCUT2D eigenvalue weighted by Crippen LogP contribution is 2.21. The highest BCUT2D eigenvalue weighted by molar-refractivity contribution is 5.98. The van der Waals surface area contributed by atoms with Crippen LogP contribution in [0.4, 0.5) is 0 Å². The molecule has 264 valence electrons. The lowest BCUT2D eigenvalue weighted by Crippen LogP contribution is -2.10. The number of carbonyl (C=O) groups excluding carboxylic acids is 2. The molecule has 0 spiro atoms. The summed E-state index contributed by atoms with van der Waals surface area (Å²) >= 11 is 0. The molecule has 2 aromatic carbocycles. The van der Waals surface area contributed by atoms with E-state index in [2.05, 4.69) is 9.97 Å². The number of carbonyl (C=O) groups is 6. The normalized spacial score (nSPS) is 10.0. The monoisotopic (exact) mass is 684 g/mol. The number of hydrogen-bond acceptors (Lipinski definition) is 9. The third kappa shape index (κ3) is 17.3. The van der Waals surface area contributed by atoms with Gasteiger partial charge in [0.15, 0.2) is 0 Å². The van der Waals surface area contributed by atoms with Gasteiger partial charge in [-0.1, -0.05) is 0 Å². The molecule has 2 aromatic heterocycles. The minimum absolute atomic E-state index is 0.250. The average Bonchev–Trinajstić information content (AvgIpc) is 3.64. The van der Waals surface area contributed by atoms with Crippen molar-refractivity contribution >= 4 is 57.5 Å². The van der Waals surface area contributed by atoms with Crippen molar-refractivity contribution in [2.45, 2.75) is 19.8 Å². The van der Waals surface area contributed by atoms with Gasteiger partial charge in [0.1, 0.15) is 0 Å². The quantitative estimate of drug-likeness (QED) is 0.104. The van der Waals surface area contributed by atoms with Gasteiger partial charge in [0.05, 0.1) is 0 Å². The van der Waals surface area contributed by atoms with E-state index in [4.69, 9.17) is 48.5 Å². The van der Waals surface area contributed by atoms with Crippen molar-refractivity contribution in [1.82, 2.24) is 9.97 Å². The fourth-order valence-electron chi connectivity index (χ4n) is 3.67. The number of carboxylic acid groups (broad SMARTS) is 4. The highest BCUT2D eigenvalue weighted by atomic mass is 16.4. The maximum absolute atomic E-state index is 11.0. The Labute approximate surface area is 279 Å². The molecule has 49 heavy (non-hydrogen) atoms. The van der Waals surface area contributed by atoms with Gasteiger partial charge in [0, 0.05) is 76.2 Å². The Morgan fingerprint density at radius 1 is 0.612 bits per heavy atom. The lowest BCUT2D eigenvalue weighted by molar-refractivity contribution is -0.134. The molecule has 15 N–H and O–H groups in total. The first-order valence-corrected chi connectivity index (χ1v) is 14.2. The first-order valence-electron chi connectivity index (χ1n) is 14.2. The predicted molar refractivity (Wildman–Crippen MR) is 181 cm³/mol. The highest BCUT2D eigenvalue weighted by Gasteiger charge is 2.07. The summed E-state index contributed by atoms with van der Waals surface area (Å²) < 4.78 is 0. The van der Waals surface area contributed by atoms with E-state index in [0.717, 1.165) is 45.8 Å². The number of carboxylic acids is 4. The number of aliphatic carboxylic acids is 4. The molecule has 0 unspecified atom stereocenters. The maximum atomic E-state index is 11.0. The van der Waals surface area contributed by atoms with Gasteiger partial charge in [-0.2, -0.15) is 0 Å². The van der Waals surface area contributed by atoms with Crippen LogP contribution in [0.5, 0.6) is 0 Å². The Kier molecular flexibility index (Phi) is 20.1. The lowest BCUT2D eigenvalue weighted by Gasteiger charge is -1.98. The molecule has 0 atom stereocenters. The molecule has 0 aliphatic heterocycles. The molecule has 0 fully saturated rings. The van der Waals surface area contributed by atoms with Crippen LogP contribution in [0.25, 0.3) is 21.8 Å². The zero-order valence-corrected chi connectivity index (χ0v) is 26.5. The van der Waals surface area contributed by atoms with Crippen molar-refractivity contribution in [3.05, 3.63) is 95.3 Å². The number of aliphatic hydroxyl groups is 1. The van der Waals surface area contributed by atoms with Crippen LogP contribution in [0.1, 0.15) is 38.8 Å². The topological polar surface area (TPSA) is 339 Å². The molecule has 0 bridgehead atoms. The van der Waals surface area contributed by atoms with E-state index in [1.165, 1.54) is 0 Å². The molecular formula is C32H40N6O11. The molecule has 0 radical (unpaired) electrons. The Morgan fingerprint density at radius 2 is 0.898 bits per heavy atom. The third-order valence-corrected chi connectivity index (χ3v) is 5.67. The average molecular weight is 685 g/mol. The SMILES string of the molecule is CCO.NCCc1c[nH]c2ccc(C(N)=O)cc12.NCCc1c[nH]c2ccc(C(N)=O)cc12.O=C(O)/C=C\C(=O)O.O=C(O)/C=C\C(=O)O. The van der Waals surface area contributed by atoms with Gasteiger partial charge in [-0.05, 0) is 80.4 Å². The molecule has 0 saturated carbocycles. The number of H-pyrrole nitrogens is 2. The minimum atomic E-state index is -1.26. The van der Waals surface area contributed by atoms with Gasteiger partial charge in [-0.25, -0.2) is 19.2 Å². The van der Waals surface area contributed by atoms with Crippen LogP contribution >= 0.6 is 0 Å². The Hall–Kier alpha value is -6.30. The number of aliphatic hydroxyl groups excluding tert-OH is 1. The number of benzene rings is 2. The molecule has 2 amide bonds. The smallest absolute Gasteiger partial charge is 0.328 e. The number of amides is 2. The zero-order valence-electron chi connectivity index (χ0n) is 26.5. The number of aromatic nitrogens is 2. The summed E-state index contributed by atoms with van der Waals surface area (Å²) in [5.41, 5.74) is 26.8. The second kappa shape index (κ2) is 23.1. The van der Waals surface area contributed by atoms with Gasteiger partial charge in [0.25, 0.3) is 0 Å². The lowest BCUT2D eigenvalue weighted by atomic mass is 10.1. The van der Waals surface area contributed by atoms with Crippen LogP contribution in [-0.2, 0) is 32.0 Å². The van der Waals surface area contributed by atoms with Crippen molar-refractivity contribution in [3.8, 4) is 0 Å². The summed E-state index contributed by atoms with van der Waals surface area (Å²) in [6.07, 6.45) is 7.66. The van der Waals surface area contributed by atoms with Crippen LogP contribution in [0.15, 0.2) is 73.1 Å². The number of nitrogens with one attached hydrogen (secondary N) is 2. The van der Waals surface area contributed by atoms with E-state index in [0.29, 0.717) is 48.5 Å². The number of fused-ring (bicyclic) bond motifs is 2. The fraction of sp³-hybridized carbons (Fsp3) is 0.188. The van der Waals surface area contributed by atoms with Crippen LogP contribution in [0.3, 0.4) is 0 Å². The summed E-state index contributed by atoms with van der Waals surface area (Å²) in [7, 11) is 0. The molecule has 0 saturated heterocycles. The summed E-state index contributed by atoms with van der Waals surface area (Å²) in [4.78, 5) is 66.5. The predicted octanol–water partition coefficient (Wildman–Crippen LogP) is 0.958. The van der Waals surface area contributed by atoms with Crippen molar-refractivity contribution < 1.29 is 54.3 Å². The maximum Gasteiger partial charge on any atom is 0.328 e. The number of hydrogen-bond donors (Lipinski definition) is 11. The molecule has 17 nitrogen and oxygen atoms in total. The van der Waals surface area contributed by atoms with E-state index in [9.17, 15) is 28.8 Å². The van der Waals surface area contributed by atoms with Crippen LogP contribution < -0.4 is 22.9 Å². The Balaban J connectivity index is 0.000000637. The summed E-state index contributed by atoms with van der Waals surface area (Å²) in [5.74, 6) is -5.84. The first-order chi connectivity index (χ1) is 23.1. The largest absolute Gasteiger partial charge is 0.478 e. The molecular weight excluding hydrogens is 644 g/mol. The van der Waals surface area contributed by atoms with E-state index in [1.54, 1.807) is 31.2 Å². The third-order valence-electron chi connectivity index (χ3n) is 5.67. The summed E-state index contributed by atoms with van der Waals surface area (Å²) in [6, 6.07) is 10.8. The van der Waals surface area contributed by atoms with E-state index >= 15 is 0 Å². The van der Waals surface area contributed by atoms with Crippen molar-refractivity contribution in [1.29, 1.82) is 0 Å². The van der Waals surface area contributed by atoms with Gasteiger partial charge < -0.3 is 58.4 Å². The number of rotatable bonds is 10. The summed E-state index contributed by atoms with van der Waals surface area (Å²) in [5, 5.41) is 40.9. The second-order valence-electron chi connectivity index (χ2n) is 9.29. The number of nitrogens with two attached hydrogens (primary N) is 4. The van der Waals surface area contributed by atoms with E-state index in [1.807, 2.05) is 24.5 Å². The Bertz CT molecular complexity index is 1610. The van der Waals surface area contributed by atoms with Gasteiger partial charge in [-0.3, -0.25) is 9.59 Å². The summed E-state index contributed by atoms with van der Waals surface area (Å²) in [6.45, 7) is 3.11. The van der Waals surface area contributed by atoms with Gasteiger partial charge in [-0.15, -0.1) is 0 Å². The van der Waals surface area contributed by atoms with E-state index < -0.39 is 35.7 Å². The molecule has 2 heterocycles. The zero-order chi connectivity index (χ0) is 37.5. The van der Waals surface area contributed by atoms with Gasteiger partial charge in [0.2, 0.25) is 11.8 Å². The standard InChI is InChI=1S/2C11H13N3O.2C4H4O4.C2H6O/c2*12-4-3-8-6-14-10-2-1-7(11(13)15)5-9(8)10;2*5-3(6)1-2-4(7)8;1-2-3/h2*1-2,5-6,14H,3-4,12H2,(H2,13,15);2*1-2H,(H,5,6)(H,7,8);3H,2H2,1H3/b;;2*2-1-;. The molecule has 0 aliphatic carbocycles. The van der Waals surface area contributed by atoms with Crippen LogP contribution in [0.2, 0.25) is 0 Å². The van der Waals surface area contributed by atoms with Crippen LogP contribution in [0, 0.1) is 0 Å². The van der Waals surface area contributed by atoms with E-state index in [-0.39, 0.29) is 6.61 Å². The molecule has 17 heteroatoms. The van der Waals surface area contributed by atoms with Crippen molar-refractivity contribution in [3.63, 3.8) is 0 Å². The van der Waals surface area contributed by atoms with Crippen molar-refractivity contribution in [2.75, 3.05) is 19.7 Å². The molecule has 4 aromatic rings. The second-order valence-corrected chi connectivity index (χ2v) is 9.29. The van der Waals surface area contributed by atoms with Crippen molar-refractivity contribution in [2.24, 2.45) is 22.9 Å². The molecule has 4 rings (SSSR count). The first kappa shape index (κ1) is 42.7. The fourth-order valence-corrected chi connectivity index (χ4v) is 3.67. The Morgan fingerprint density at radius 3 is 1.12 bits per heavy atom. The minimum Gasteiger partial charge on any atom is -0.478 e.